The smallest absolute Gasteiger partial charge is 0.249 e. The highest BCUT2D eigenvalue weighted by atomic mass is 32.2. The molecule has 1 N–H and O–H groups in total. The largest absolute Gasteiger partial charge is 0.340 e. The molecule has 3 aliphatic rings. The van der Waals surface area contributed by atoms with E-state index < -0.39 is 5.54 Å². The van der Waals surface area contributed by atoms with Crippen molar-refractivity contribution in [1.29, 1.82) is 0 Å². The Morgan fingerprint density at radius 1 is 1.37 bits per heavy atom. The summed E-state index contributed by atoms with van der Waals surface area (Å²) >= 11 is 1.84. The number of amides is 2. The van der Waals surface area contributed by atoms with Gasteiger partial charge in [0, 0.05) is 11.3 Å². The number of nitrogens with one attached hydrogen (secondary N) is 1. The summed E-state index contributed by atoms with van der Waals surface area (Å²) < 4.78 is 0.214. The normalized spacial score (nSPS) is 37.2. The number of rotatable bonds is 4. The Morgan fingerprint density at radius 2 is 2.00 bits per heavy atom. The van der Waals surface area contributed by atoms with Crippen LogP contribution in [0.1, 0.15) is 39.5 Å². The van der Waals surface area contributed by atoms with Crippen LogP contribution in [0, 0.1) is 5.92 Å². The maximum atomic E-state index is 12.8. The molecule has 0 spiro atoms. The SMILES string of the molecule is CSC1(CN2C(=O)C(C)(C3CC3)NC(=O)C2C)CC1. The van der Waals surface area contributed by atoms with Crippen LogP contribution in [0.4, 0.5) is 0 Å². The first-order valence-corrected chi connectivity index (χ1v) is 8.33. The van der Waals surface area contributed by atoms with Gasteiger partial charge in [-0.2, -0.15) is 11.8 Å². The highest BCUT2D eigenvalue weighted by Gasteiger charge is 2.56. The van der Waals surface area contributed by atoms with Crippen LogP contribution in [0.3, 0.4) is 0 Å². The van der Waals surface area contributed by atoms with Crippen molar-refractivity contribution in [1.82, 2.24) is 10.2 Å². The molecule has 1 aliphatic heterocycles. The molecule has 1 saturated heterocycles. The lowest BCUT2D eigenvalue weighted by Crippen LogP contribution is -2.70. The minimum Gasteiger partial charge on any atom is -0.340 e. The zero-order chi connectivity index (χ0) is 13.8. The van der Waals surface area contributed by atoms with E-state index in [9.17, 15) is 9.59 Å². The van der Waals surface area contributed by atoms with Crippen LogP contribution in [0.5, 0.6) is 0 Å². The molecular formula is C14H22N2O2S. The van der Waals surface area contributed by atoms with Crippen molar-refractivity contribution < 1.29 is 9.59 Å². The van der Waals surface area contributed by atoms with Crippen LogP contribution in [0.25, 0.3) is 0 Å². The fourth-order valence-electron chi connectivity index (χ4n) is 3.05. The molecule has 3 rings (SSSR count). The first-order valence-electron chi connectivity index (χ1n) is 7.10. The van der Waals surface area contributed by atoms with E-state index in [4.69, 9.17) is 0 Å². The van der Waals surface area contributed by atoms with Gasteiger partial charge < -0.3 is 10.2 Å². The minimum atomic E-state index is -0.655. The molecule has 2 amide bonds. The summed E-state index contributed by atoms with van der Waals surface area (Å²) in [4.78, 5) is 26.8. The van der Waals surface area contributed by atoms with Crippen LogP contribution in [0.2, 0.25) is 0 Å². The summed E-state index contributed by atoms with van der Waals surface area (Å²) in [6.45, 7) is 4.47. The van der Waals surface area contributed by atoms with Gasteiger partial charge in [-0.25, -0.2) is 0 Å². The third-order valence-corrected chi connectivity index (χ3v) is 6.43. The van der Waals surface area contributed by atoms with Crippen molar-refractivity contribution >= 4 is 23.6 Å². The Labute approximate surface area is 118 Å². The van der Waals surface area contributed by atoms with Gasteiger partial charge in [-0.1, -0.05) is 0 Å². The summed E-state index contributed by atoms with van der Waals surface area (Å²) in [6.07, 6.45) is 6.53. The fourth-order valence-corrected chi connectivity index (χ4v) is 3.83. The lowest BCUT2D eigenvalue weighted by molar-refractivity contribution is -0.154. The number of thioether (sulfide) groups is 1. The van der Waals surface area contributed by atoms with E-state index >= 15 is 0 Å². The third-order valence-electron chi connectivity index (χ3n) is 5.03. The Morgan fingerprint density at radius 3 is 2.47 bits per heavy atom. The van der Waals surface area contributed by atoms with Crippen LogP contribution < -0.4 is 5.32 Å². The van der Waals surface area contributed by atoms with E-state index in [0.29, 0.717) is 5.92 Å². The first kappa shape index (κ1) is 13.3. The molecule has 0 radical (unpaired) electrons. The predicted molar refractivity (Wildman–Crippen MR) is 75.9 cm³/mol. The molecule has 2 saturated carbocycles. The molecule has 106 valence electrons. The van der Waals surface area contributed by atoms with Crippen molar-refractivity contribution in [3.05, 3.63) is 0 Å². The number of carbonyl (C=O) groups is 2. The van der Waals surface area contributed by atoms with Gasteiger partial charge in [0.15, 0.2) is 0 Å². The van der Waals surface area contributed by atoms with Gasteiger partial charge in [0.25, 0.3) is 0 Å². The van der Waals surface area contributed by atoms with E-state index in [2.05, 4.69) is 11.6 Å². The molecule has 0 aromatic heterocycles. The van der Waals surface area contributed by atoms with Crippen molar-refractivity contribution in [2.24, 2.45) is 5.92 Å². The second kappa shape index (κ2) is 4.14. The second-order valence-corrected chi connectivity index (χ2v) is 7.74. The van der Waals surface area contributed by atoms with Crippen molar-refractivity contribution in [3.63, 3.8) is 0 Å². The average Bonchev–Trinajstić information content (AvgIpc) is 3.26. The summed E-state index contributed by atoms with van der Waals surface area (Å²) in [5, 5.41) is 2.97. The van der Waals surface area contributed by atoms with Crippen molar-refractivity contribution in [3.8, 4) is 0 Å². The fraction of sp³-hybridized carbons (Fsp3) is 0.857. The molecule has 0 aromatic carbocycles. The number of nitrogens with zero attached hydrogens (tertiary/aromatic N) is 1. The quantitative estimate of drug-likeness (QED) is 0.848. The van der Waals surface area contributed by atoms with Crippen molar-refractivity contribution in [2.45, 2.75) is 55.9 Å². The standard InChI is InChI=1S/C14H22N2O2S/c1-9-11(17)15-13(2,10-4-5-10)12(18)16(9)8-14(19-3)6-7-14/h9-10H,4-8H2,1-3H3,(H,15,17). The zero-order valence-electron chi connectivity index (χ0n) is 11.9. The lowest BCUT2D eigenvalue weighted by Gasteiger charge is -2.44. The average molecular weight is 282 g/mol. The molecule has 0 aromatic rings. The summed E-state index contributed by atoms with van der Waals surface area (Å²) in [5.74, 6) is 0.469. The Balaban J connectivity index is 1.83. The van der Waals surface area contributed by atoms with Gasteiger partial charge in [-0.3, -0.25) is 9.59 Å². The van der Waals surface area contributed by atoms with Gasteiger partial charge in [0.2, 0.25) is 11.8 Å². The van der Waals surface area contributed by atoms with Gasteiger partial charge >= 0.3 is 0 Å². The van der Waals surface area contributed by atoms with Crippen LogP contribution in [-0.4, -0.2) is 45.8 Å². The molecule has 19 heavy (non-hydrogen) atoms. The highest BCUT2D eigenvalue weighted by Crippen LogP contribution is 2.49. The Bertz CT molecular complexity index is 431. The Kier molecular flexibility index (Phi) is 2.89. The molecule has 5 heteroatoms. The lowest BCUT2D eigenvalue weighted by atomic mass is 9.89. The van der Waals surface area contributed by atoms with Gasteiger partial charge in [-0.05, 0) is 51.7 Å². The number of hydrogen-bond donors (Lipinski definition) is 1. The Hall–Kier alpha value is -0.710. The predicted octanol–water partition coefficient (Wildman–Crippen LogP) is 1.40. The number of hydrogen-bond acceptors (Lipinski definition) is 3. The zero-order valence-corrected chi connectivity index (χ0v) is 12.7. The molecule has 0 bridgehead atoms. The molecule has 2 unspecified atom stereocenters. The molecule has 2 atom stereocenters. The molecule has 1 heterocycles. The van der Waals surface area contributed by atoms with Crippen LogP contribution in [-0.2, 0) is 9.59 Å². The topological polar surface area (TPSA) is 49.4 Å². The number of carbonyl (C=O) groups excluding carboxylic acids is 2. The maximum Gasteiger partial charge on any atom is 0.249 e. The highest BCUT2D eigenvalue weighted by molar-refractivity contribution is 8.00. The van der Waals surface area contributed by atoms with Crippen LogP contribution in [0.15, 0.2) is 0 Å². The third kappa shape index (κ3) is 2.06. The monoisotopic (exact) mass is 282 g/mol. The summed E-state index contributed by atoms with van der Waals surface area (Å²) in [7, 11) is 0. The maximum absolute atomic E-state index is 12.8. The molecule has 4 nitrogen and oxygen atoms in total. The first-order chi connectivity index (χ1) is 8.92. The van der Waals surface area contributed by atoms with Crippen molar-refractivity contribution in [2.75, 3.05) is 12.8 Å². The summed E-state index contributed by atoms with van der Waals surface area (Å²) in [6, 6.07) is -0.330. The van der Waals surface area contributed by atoms with Gasteiger partial charge in [-0.15, -0.1) is 0 Å². The summed E-state index contributed by atoms with van der Waals surface area (Å²) in [5.41, 5.74) is -0.655. The van der Waals surface area contributed by atoms with Gasteiger partial charge in [0.1, 0.15) is 11.6 Å². The number of piperazine rings is 1. The molecule has 3 fully saturated rings. The molecular weight excluding hydrogens is 260 g/mol. The van der Waals surface area contributed by atoms with Crippen LogP contribution >= 0.6 is 11.8 Å². The van der Waals surface area contributed by atoms with E-state index in [-0.39, 0.29) is 22.6 Å². The van der Waals surface area contributed by atoms with E-state index in [1.165, 1.54) is 0 Å². The van der Waals surface area contributed by atoms with E-state index in [0.717, 1.165) is 32.2 Å². The minimum absolute atomic E-state index is 0.00547. The molecule has 2 aliphatic carbocycles. The second-order valence-electron chi connectivity index (χ2n) is 6.46. The van der Waals surface area contributed by atoms with E-state index in [1.807, 2.05) is 30.5 Å². The van der Waals surface area contributed by atoms with E-state index in [1.54, 1.807) is 0 Å². The van der Waals surface area contributed by atoms with Gasteiger partial charge in [0.05, 0.1) is 0 Å².